The van der Waals surface area contributed by atoms with Gasteiger partial charge in [-0.2, -0.15) is 0 Å². The molecular formula is C25H35BrO3. The van der Waals surface area contributed by atoms with E-state index in [4.69, 9.17) is 9.15 Å². The van der Waals surface area contributed by atoms with E-state index >= 15 is 0 Å². The Morgan fingerprint density at radius 3 is 2.03 bits per heavy atom. The number of hydrogen-bond donors (Lipinski definition) is 0. The predicted octanol–water partition coefficient (Wildman–Crippen LogP) is 7.77. The zero-order valence-electron chi connectivity index (χ0n) is 17.5. The van der Waals surface area contributed by atoms with Gasteiger partial charge < -0.3 is 9.15 Å². The number of carbonyl (C=O) groups excluding carboxylic acids is 1. The van der Waals surface area contributed by atoms with E-state index in [9.17, 15) is 4.79 Å². The molecule has 0 radical (unpaired) electrons. The van der Waals surface area contributed by atoms with Gasteiger partial charge in [0.25, 0.3) is 0 Å². The molecule has 0 saturated carbocycles. The molecule has 29 heavy (non-hydrogen) atoms. The smallest absolute Gasteiger partial charge is 0.163 e. The zero-order valence-corrected chi connectivity index (χ0v) is 19.1. The molecule has 0 unspecified atom stereocenters. The van der Waals surface area contributed by atoms with Crippen LogP contribution in [0, 0.1) is 0 Å². The molecule has 0 amide bonds. The molecule has 0 fully saturated rings. The third-order valence-corrected chi connectivity index (χ3v) is 5.71. The average molecular weight is 463 g/mol. The van der Waals surface area contributed by atoms with Crippen molar-refractivity contribution in [2.45, 2.75) is 77.0 Å². The number of Topliss-reactive ketones (excluding diaryl/α,β-unsaturated/α-hetero) is 1. The highest BCUT2D eigenvalue weighted by atomic mass is 79.9. The van der Waals surface area contributed by atoms with Gasteiger partial charge in [-0.3, -0.25) is 4.79 Å². The predicted molar refractivity (Wildman–Crippen MR) is 123 cm³/mol. The molecular weight excluding hydrogens is 428 g/mol. The molecule has 160 valence electrons. The van der Waals surface area contributed by atoms with Crippen LogP contribution in [0.5, 0.6) is 5.75 Å². The molecule has 1 heterocycles. The van der Waals surface area contributed by atoms with Gasteiger partial charge in [-0.25, -0.2) is 0 Å². The van der Waals surface area contributed by atoms with E-state index in [2.05, 4.69) is 15.9 Å². The summed E-state index contributed by atoms with van der Waals surface area (Å²) in [5.74, 6) is 1.83. The van der Waals surface area contributed by atoms with Gasteiger partial charge in [0.2, 0.25) is 0 Å². The van der Waals surface area contributed by atoms with Crippen LogP contribution in [0.1, 0.15) is 86.7 Å². The first kappa shape index (κ1) is 23.7. The standard InChI is InChI=1S/C25H35BrO3/c26-19-9-7-5-3-1-2-4-6-8-10-20-28-24-15-13-22(14-16-24)25(27)18-17-23-12-11-21-29-23/h11-16,21H,1-10,17-20H2. The van der Waals surface area contributed by atoms with Crippen molar-refractivity contribution >= 4 is 21.7 Å². The summed E-state index contributed by atoms with van der Waals surface area (Å²) in [6, 6.07) is 11.3. The maximum Gasteiger partial charge on any atom is 0.163 e. The van der Waals surface area contributed by atoms with Crippen LogP contribution in [0.25, 0.3) is 0 Å². The maximum absolute atomic E-state index is 12.2. The number of ketones is 1. The molecule has 3 nitrogen and oxygen atoms in total. The number of carbonyl (C=O) groups is 1. The lowest BCUT2D eigenvalue weighted by atomic mass is 10.1. The molecule has 0 spiro atoms. The molecule has 0 aliphatic rings. The number of halogens is 1. The van der Waals surface area contributed by atoms with E-state index in [0.717, 1.165) is 35.4 Å². The van der Waals surface area contributed by atoms with Crippen LogP contribution in [0.2, 0.25) is 0 Å². The van der Waals surface area contributed by atoms with Crippen molar-refractivity contribution in [2.75, 3.05) is 11.9 Å². The summed E-state index contributed by atoms with van der Waals surface area (Å²) >= 11 is 3.48. The normalized spacial score (nSPS) is 10.9. The van der Waals surface area contributed by atoms with Crippen molar-refractivity contribution in [1.82, 2.24) is 0 Å². The van der Waals surface area contributed by atoms with Gasteiger partial charge in [0.15, 0.2) is 5.78 Å². The Kier molecular flexibility index (Phi) is 12.5. The minimum atomic E-state index is 0.135. The SMILES string of the molecule is O=C(CCc1ccco1)c1ccc(OCCCCCCCCCCCCBr)cc1. The molecule has 2 aromatic rings. The fourth-order valence-electron chi connectivity index (χ4n) is 3.37. The quantitative estimate of drug-likeness (QED) is 0.137. The van der Waals surface area contributed by atoms with Gasteiger partial charge in [-0.15, -0.1) is 0 Å². The summed E-state index contributed by atoms with van der Waals surface area (Å²) in [6.07, 6.45) is 15.9. The minimum Gasteiger partial charge on any atom is -0.494 e. The van der Waals surface area contributed by atoms with Gasteiger partial charge in [0.1, 0.15) is 11.5 Å². The number of unbranched alkanes of at least 4 members (excludes halogenated alkanes) is 9. The first-order valence-corrected chi connectivity index (χ1v) is 12.3. The van der Waals surface area contributed by atoms with Crippen molar-refractivity contribution in [2.24, 2.45) is 0 Å². The van der Waals surface area contributed by atoms with Gasteiger partial charge in [-0.1, -0.05) is 67.3 Å². The number of hydrogen-bond acceptors (Lipinski definition) is 3. The molecule has 0 N–H and O–H groups in total. The molecule has 0 bridgehead atoms. The Balaban J connectivity index is 1.48. The second kappa shape index (κ2) is 15.3. The van der Waals surface area contributed by atoms with Gasteiger partial charge >= 0.3 is 0 Å². The number of furan rings is 1. The van der Waals surface area contributed by atoms with Crippen LogP contribution < -0.4 is 4.74 Å². The Morgan fingerprint density at radius 1 is 0.828 bits per heavy atom. The molecule has 0 aliphatic heterocycles. The van der Waals surface area contributed by atoms with Crippen LogP contribution in [0.15, 0.2) is 47.1 Å². The number of alkyl halides is 1. The number of ether oxygens (including phenoxy) is 1. The molecule has 0 atom stereocenters. The van der Waals surface area contributed by atoms with Crippen LogP contribution in [-0.4, -0.2) is 17.7 Å². The van der Waals surface area contributed by atoms with Crippen LogP contribution in [-0.2, 0) is 6.42 Å². The summed E-state index contributed by atoms with van der Waals surface area (Å²) in [7, 11) is 0. The first-order valence-electron chi connectivity index (χ1n) is 11.1. The Hall–Kier alpha value is -1.55. The van der Waals surface area contributed by atoms with E-state index < -0.39 is 0 Å². The van der Waals surface area contributed by atoms with Crippen molar-refractivity contribution < 1.29 is 13.9 Å². The monoisotopic (exact) mass is 462 g/mol. The highest BCUT2D eigenvalue weighted by molar-refractivity contribution is 9.09. The van der Waals surface area contributed by atoms with Crippen LogP contribution in [0.3, 0.4) is 0 Å². The fourth-order valence-corrected chi connectivity index (χ4v) is 3.77. The first-order chi connectivity index (χ1) is 14.3. The molecule has 4 heteroatoms. The molecule has 0 saturated heterocycles. The summed E-state index contributed by atoms with van der Waals surface area (Å²) in [5.41, 5.74) is 0.733. The second-order valence-corrected chi connectivity index (χ2v) is 8.39. The molecule has 1 aromatic heterocycles. The highest BCUT2D eigenvalue weighted by Crippen LogP contribution is 2.16. The summed E-state index contributed by atoms with van der Waals surface area (Å²) in [6.45, 7) is 0.748. The van der Waals surface area contributed by atoms with Crippen LogP contribution >= 0.6 is 15.9 Å². The molecule has 1 aromatic carbocycles. The van der Waals surface area contributed by atoms with Gasteiger partial charge in [0.05, 0.1) is 12.9 Å². The Labute approximate surface area is 184 Å². The number of benzene rings is 1. The third kappa shape index (κ3) is 10.7. The van der Waals surface area contributed by atoms with Crippen molar-refractivity contribution in [3.8, 4) is 5.75 Å². The zero-order chi connectivity index (χ0) is 20.6. The second-order valence-electron chi connectivity index (χ2n) is 7.60. The largest absolute Gasteiger partial charge is 0.494 e. The van der Waals surface area contributed by atoms with E-state index in [1.165, 1.54) is 57.8 Å². The lowest BCUT2D eigenvalue weighted by Gasteiger charge is -2.07. The number of aryl methyl sites for hydroxylation is 1. The van der Waals surface area contributed by atoms with Gasteiger partial charge in [0, 0.05) is 23.7 Å². The summed E-state index contributed by atoms with van der Waals surface area (Å²) in [4.78, 5) is 12.2. The Bertz CT molecular complexity index is 649. The molecule has 2 rings (SSSR count). The van der Waals surface area contributed by atoms with Crippen LogP contribution in [0.4, 0.5) is 0 Å². The summed E-state index contributed by atoms with van der Waals surface area (Å²) < 4.78 is 11.1. The highest BCUT2D eigenvalue weighted by Gasteiger charge is 2.07. The van der Waals surface area contributed by atoms with Crippen molar-refractivity contribution in [1.29, 1.82) is 0 Å². The molecule has 0 aliphatic carbocycles. The van der Waals surface area contributed by atoms with E-state index in [1.807, 2.05) is 36.4 Å². The number of rotatable bonds is 17. The Morgan fingerprint density at radius 2 is 1.45 bits per heavy atom. The third-order valence-electron chi connectivity index (χ3n) is 5.15. The fraction of sp³-hybridized carbons (Fsp3) is 0.560. The summed E-state index contributed by atoms with van der Waals surface area (Å²) in [5, 5.41) is 1.14. The van der Waals surface area contributed by atoms with E-state index in [0.29, 0.717) is 12.8 Å². The van der Waals surface area contributed by atoms with Crippen molar-refractivity contribution in [3.05, 3.63) is 54.0 Å². The minimum absolute atomic E-state index is 0.135. The average Bonchev–Trinajstić information content (AvgIpc) is 3.27. The van der Waals surface area contributed by atoms with E-state index in [1.54, 1.807) is 6.26 Å². The lowest BCUT2D eigenvalue weighted by Crippen LogP contribution is -2.02. The van der Waals surface area contributed by atoms with E-state index in [-0.39, 0.29) is 5.78 Å². The topological polar surface area (TPSA) is 39.4 Å². The van der Waals surface area contributed by atoms with Gasteiger partial charge in [-0.05, 0) is 49.2 Å². The lowest BCUT2D eigenvalue weighted by molar-refractivity contribution is 0.0981. The maximum atomic E-state index is 12.2. The van der Waals surface area contributed by atoms with Crippen molar-refractivity contribution in [3.63, 3.8) is 0 Å².